The molecule has 2 N–H and O–H groups in total. The van der Waals surface area contributed by atoms with Crippen LogP contribution in [0.5, 0.6) is 11.5 Å². The maximum atomic E-state index is 10.9. The Bertz CT molecular complexity index is 2560. The lowest BCUT2D eigenvalue weighted by Gasteiger charge is -2.10. The molecule has 8 aromatic rings. The highest BCUT2D eigenvalue weighted by molar-refractivity contribution is 7.20. The molecule has 0 aliphatic heterocycles. The molecule has 10 heteroatoms. The lowest BCUT2D eigenvalue weighted by Crippen LogP contribution is -2.10. The number of nitriles is 2. The van der Waals surface area contributed by atoms with Gasteiger partial charge in [0.25, 0.3) is 0 Å². The van der Waals surface area contributed by atoms with E-state index >= 15 is 0 Å². The predicted octanol–water partition coefficient (Wildman–Crippen LogP) is 9.07. The first-order valence-electron chi connectivity index (χ1n) is 16.9. The Morgan fingerprint density at radius 1 is 0.577 bits per heavy atom. The lowest BCUT2D eigenvalue weighted by atomic mass is 10.0. The van der Waals surface area contributed by atoms with Crippen molar-refractivity contribution in [3.8, 4) is 46.2 Å². The molecule has 0 atom stereocenters. The summed E-state index contributed by atoms with van der Waals surface area (Å²) in [6.45, 7) is 7.97. The number of benzene rings is 4. The van der Waals surface area contributed by atoms with Gasteiger partial charge in [-0.15, -0.1) is 22.7 Å². The number of rotatable bonds is 8. The zero-order chi connectivity index (χ0) is 35.9. The molecule has 0 saturated heterocycles. The van der Waals surface area contributed by atoms with Crippen molar-refractivity contribution in [3.63, 3.8) is 0 Å². The summed E-state index contributed by atoms with van der Waals surface area (Å²) in [4.78, 5) is 17.1. The third-order valence-corrected chi connectivity index (χ3v) is 10.6. The van der Waals surface area contributed by atoms with E-state index in [1.807, 2.05) is 125 Å². The Kier molecular flexibility index (Phi) is 8.56. The van der Waals surface area contributed by atoms with Gasteiger partial charge in [-0.05, 0) is 112 Å². The van der Waals surface area contributed by atoms with Crippen LogP contribution in [0.25, 0.3) is 64.9 Å². The number of hydrogen-bond acceptors (Lipinski definition) is 8. The maximum Gasteiger partial charge on any atom is 0.137 e. The largest absolute Gasteiger partial charge is 0.491 e. The highest BCUT2D eigenvalue weighted by Gasteiger charge is 2.24. The highest BCUT2D eigenvalue weighted by Crippen LogP contribution is 2.35. The summed E-state index contributed by atoms with van der Waals surface area (Å²) < 4.78 is 13.9. The number of nitrogens with one attached hydrogen (secondary N) is 2. The molecule has 0 radical (unpaired) electrons. The Morgan fingerprint density at radius 3 is 1.31 bits per heavy atom. The molecule has 4 heterocycles. The zero-order valence-corrected chi connectivity index (χ0v) is 30.4. The van der Waals surface area contributed by atoms with E-state index in [-0.39, 0.29) is 12.2 Å². The molecule has 52 heavy (non-hydrogen) atoms. The first kappa shape index (κ1) is 33.0. The summed E-state index contributed by atoms with van der Waals surface area (Å²) in [5, 5.41) is 25.7. The number of thiazole rings is 2. The van der Waals surface area contributed by atoms with Crippen LogP contribution in [0, 0.1) is 22.7 Å². The van der Waals surface area contributed by atoms with Gasteiger partial charge in [-0.1, -0.05) is 24.3 Å². The van der Waals surface area contributed by atoms with Gasteiger partial charge in [0.2, 0.25) is 0 Å². The van der Waals surface area contributed by atoms with Crippen molar-refractivity contribution in [2.24, 2.45) is 0 Å². The second-order valence-electron chi connectivity index (χ2n) is 12.8. The summed E-state index contributed by atoms with van der Waals surface area (Å²) in [6.07, 6.45) is 0.0444. The minimum Gasteiger partial charge on any atom is -0.491 e. The van der Waals surface area contributed by atoms with Crippen LogP contribution in [0.1, 0.15) is 37.7 Å². The fraction of sp³-hybridized carbons (Fsp3) is 0.143. The van der Waals surface area contributed by atoms with Gasteiger partial charge in [-0.2, -0.15) is 10.5 Å². The molecule has 4 aromatic carbocycles. The van der Waals surface area contributed by atoms with Crippen LogP contribution in [-0.2, 0) is 0 Å². The summed E-state index contributed by atoms with van der Waals surface area (Å²) in [5.74, 6) is 1.50. The number of aromatic nitrogens is 4. The van der Waals surface area contributed by atoms with Crippen molar-refractivity contribution in [1.29, 1.82) is 10.5 Å². The van der Waals surface area contributed by atoms with E-state index in [9.17, 15) is 10.5 Å². The SMILES string of the molecule is CC(C)Oc1ccc(-c2[nH]/c(=C(/C#N)c3nc4ccccc4s3)c3c(-c4ccc(OC(C)C)cc4)[nH]/c(=C(/C#N)c4nc5ccccc5s4)c23)cc1. The molecule has 8 rings (SSSR count). The molecule has 0 amide bonds. The second-order valence-corrected chi connectivity index (χ2v) is 14.9. The second kappa shape index (κ2) is 13.5. The number of aromatic amines is 2. The van der Waals surface area contributed by atoms with Crippen molar-refractivity contribution in [2.45, 2.75) is 39.9 Å². The monoisotopic (exact) mass is 716 g/mol. The van der Waals surface area contributed by atoms with Gasteiger partial charge in [-0.3, -0.25) is 0 Å². The highest BCUT2D eigenvalue weighted by atomic mass is 32.1. The normalized spacial score (nSPS) is 12.8. The first-order chi connectivity index (χ1) is 25.3. The molecule has 0 aliphatic carbocycles. The average molecular weight is 717 g/mol. The number of para-hydroxylation sites is 2. The molecule has 0 fully saturated rings. The summed E-state index contributed by atoms with van der Waals surface area (Å²) in [7, 11) is 0. The Labute approximate surface area is 307 Å². The molecule has 254 valence electrons. The summed E-state index contributed by atoms with van der Waals surface area (Å²) in [5.41, 5.74) is 5.69. The smallest absolute Gasteiger partial charge is 0.137 e. The fourth-order valence-corrected chi connectivity index (χ4v) is 8.32. The van der Waals surface area contributed by atoms with E-state index in [0.29, 0.717) is 31.9 Å². The van der Waals surface area contributed by atoms with Crippen molar-refractivity contribution >= 4 is 65.0 Å². The summed E-state index contributed by atoms with van der Waals surface area (Å²) >= 11 is 2.94. The third kappa shape index (κ3) is 5.98. The van der Waals surface area contributed by atoms with E-state index in [4.69, 9.17) is 19.4 Å². The van der Waals surface area contributed by atoms with E-state index in [1.54, 1.807) is 0 Å². The van der Waals surface area contributed by atoms with Gasteiger partial charge >= 0.3 is 0 Å². The van der Waals surface area contributed by atoms with Gasteiger partial charge in [0, 0.05) is 10.8 Å². The number of hydrogen-bond donors (Lipinski definition) is 2. The van der Waals surface area contributed by atoms with Crippen molar-refractivity contribution in [1.82, 2.24) is 19.9 Å². The Hall–Kier alpha value is -6.20. The van der Waals surface area contributed by atoms with Crippen LogP contribution in [0.15, 0.2) is 97.1 Å². The van der Waals surface area contributed by atoms with Crippen LogP contribution in [0.4, 0.5) is 0 Å². The molecule has 8 nitrogen and oxygen atoms in total. The van der Waals surface area contributed by atoms with Crippen LogP contribution < -0.4 is 20.2 Å². The summed E-state index contributed by atoms with van der Waals surface area (Å²) in [6, 6.07) is 36.5. The van der Waals surface area contributed by atoms with Gasteiger partial charge in [0.1, 0.15) is 44.8 Å². The van der Waals surface area contributed by atoms with E-state index in [2.05, 4.69) is 22.1 Å². The third-order valence-electron chi connectivity index (χ3n) is 8.52. The minimum absolute atomic E-state index is 0.0222. The van der Waals surface area contributed by atoms with Crippen molar-refractivity contribution in [3.05, 3.63) is 118 Å². The van der Waals surface area contributed by atoms with Gasteiger partial charge in [0.05, 0.1) is 54.7 Å². The maximum absolute atomic E-state index is 10.9. The lowest BCUT2D eigenvalue weighted by molar-refractivity contribution is 0.242. The molecular formula is C42H32N6O2S2. The quantitative estimate of drug-likeness (QED) is 0.162. The van der Waals surface area contributed by atoms with Gasteiger partial charge < -0.3 is 19.4 Å². The van der Waals surface area contributed by atoms with Crippen molar-refractivity contribution < 1.29 is 9.47 Å². The van der Waals surface area contributed by atoms with Crippen LogP contribution >= 0.6 is 22.7 Å². The molecule has 0 unspecified atom stereocenters. The van der Waals surface area contributed by atoms with E-state index in [0.717, 1.165) is 65.2 Å². The number of ether oxygens (including phenoxy) is 2. The molecule has 0 aliphatic rings. The number of nitrogens with zero attached hydrogens (tertiary/aromatic N) is 4. The molecular weight excluding hydrogens is 685 g/mol. The van der Waals surface area contributed by atoms with Gasteiger partial charge in [-0.25, -0.2) is 9.97 Å². The standard InChI is InChI=1S/C42H32N6O2S2/c1-23(2)49-27-17-13-25(14-18-27)37-35-36(40(47-37)30(22-44)42-46-32-10-6-8-12-34(32)52-42)38(26-15-19-28(20-16-26)50-24(3)4)48-39(35)29(21-43)41-45-31-9-5-7-11-33(31)51-41/h5-20,23-24,47-48H,1-4H3/b39-29-,40-30-. The van der Waals surface area contributed by atoms with Gasteiger partial charge in [0.15, 0.2) is 0 Å². The predicted molar refractivity (Wildman–Crippen MR) is 210 cm³/mol. The minimum atomic E-state index is 0.0222. The van der Waals surface area contributed by atoms with Crippen LogP contribution in [0.2, 0.25) is 0 Å². The van der Waals surface area contributed by atoms with E-state index < -0.39 is 0 Å². The Balaban J connectivity index is 1.51. The number of H-pyrrole nitrogens is 2. The van der Waals surface area contributed by atoms with Crippen LogP contribution in [0.3, 0.4) is 0 Å². The Morgan fingerprint density at radius 2 is 0.962 bits per heavy atom. The average Bonchev–Trinajstić information content (AvgIpc) is 3.93. The zero-order valence-electron chi connectivity index (χ0n) is 28.8. The van der Waals surface area contributed by atoms with Crippen molar-refractivity contribution in [2.75, 3.05) is 0 Å². The topological polar surface area (TPSA) is 123 Å². The molecule has 0 spiro atoms. The number of fused-ring (bicyclic) bond motifs is 3. The fourth-order valence-electron chi connectivity index (χ4n) is 6.38. The molecule has 0 saturated carbocycles. The molecule has 4 aromatic heterocycles. The molecule has 0 bridgehead atoms. The first-order valence-corrected chi connectivity index (χ1v) is 18.5. The van der Waals surface area contributed by atoms with E-state index in [1.165, 1.54) is 22.7 Å². The van der Waals surface area contributed by atoms with Crippen LogP contribution in [-0.4, -0.2) is 32.1 Å².